The summed E-state index contributed by atoms with van der Waals surface area (Å²) in [6, 6.07) is 15.5. The first-order valence-corrected chi connectivity index (χ1v) is 6.86. The number of hydrogen-bond donors (Lipinski definition) is 2. The van der Waals surface area contributed by atoms with E-state index < -0.39 is 0 Å². The zero-order chi connectivity index (χ0) is 13.5. The summed E-state index contributed by atoms with van der Waals surface area (Å²) in [4.78, 5) is 4.25. The molecule has 0 aliphatic heterocycles. The van der Waals surface area contributed by atoms with E-state index in [9.17, 15) is 0 Å². The third-order valence-corrected chi connectivity index (χ3v) is 3.75. The lowest BCUT2D eigenvalue weighted by Gasteiger charge is -2.15. The van der Waals surface area contributed by atoms with Gasteiger partial charge in [-0.15, -0.1) is 11.8 Å². The highest BCUT2D eigenvalue weighted by Crippen LogP contribution is 2.25. The minimum absolute atomic E-state index is 0.127. The molecule has 5 heteroatoms. The predicted octanol–water partition coefficient (Wildman–Crippen LogP) is 2.70. The minimum atomic E-state index is -0.127. The number of hydrogen-bond acceptors (Lipinski definition) is 4. The first kappa shape index (κ1) is 13.4. The predicted molar refractivity (Wildman–Crippen MR) is 77.6 cm³/mol. The Morgan fingerprint density at radius 2 is 1.95 bits per heavy atom. The van der Waals surface area contributed by atoms with E-state index in [1.54, 1.807) is 18.0 Å². The van der Waals surface area contributed by atoms with Crippen LogP contribution in [0, 0.1) is 0 Å². The van der Waals surface area contributed by atoms with Gasteiger partial charge in [-0.3, -0.25) is 0 Å². The van der Waals surface area contributed by atoms with E-state index >= 15 is 0 Å². The molecule has 0 saturated carbocycles. The summed E-state index contributed by atoms with van der Waals surface area (Å²) in [7, 11) is 0. The van der Waals surface area contributed by atoms with Gasteiger partial charge in [0.2, 0.25) is 0 Å². The molecule has 3 N–H and O–H groups in total. The quantitative estimate of drug-likeness (QED) is 0.289. The molecule has 0 amide bonds. The Bertz CT molecular complexity index is 531. The Kier molecular flexibility index (Phi) is 4.80. The van der Waals surface area contributed by atoms with Crippen LogP contribution in [-0.2, 0) is 0 Å². The van der Waals surface area contributed by atoms with Crippen LogP contribution < -0.4 is 5.73 Å². The zero-order valence-corrected chi connectivity index (χ0v) is 11.1. The summed E-state index contributed by atoms with van der Waals surface area (Å²) < 4.78 is 0. The Morgan fingerprint density at radius 1 is 1.21 bits per heavy atom. The molecule has 0 spiro atoms. The summed E-state index contributed by atoms with van der Waals surface area (Å²) in [5.74, 6) is 0.768. The van der Waals surface area contributed by atoms with Crippen molar-refractivity contribution in [3.8, 4) is 0 Å². The van der Waals surface area contributed by atoms with Crippen molar-refractivity contribution in [3.63, 3.8) is 0 Å². The van der Waals surface area contributed by atoms with Gasteiger partial charge in [-0.2, -0.15) is 0 Å². The Labute approximate surface area is 116 Å². The number of benzene rings is 1. The standard InChI is InChI=1S/C14H15N3OS/c15-14(17-18)12(11-6-2-1-3-7-11)10-19-13-8-4-5-9-16-13/h1-9,12,18H,10H2,(H2,15,17). The van der Waals surface area contributed by atoms with Crippen LogP contribution in [0.4, 0.5) is 0 Å². The maximum absolute atomic E-state index is 8.90. The Hall–Kier alpha value is -2.01. The van der Waals surface area contributed by atoms with Gasteiger partial charge < -0.3 is 10.9 Å². The molecular weight excluding hydrogens is 258 g/mol. The highest BCUT2D eigenvalue weighted by atomic mass is 32.2. The van der Waals surface area contributed by atoms with Crippen LogP contribution >= 0.6 is 11.8 Å². The molecule has 2 rings (SSSR count). The summed E-state index contributed by atoms with van der Waals surface area (Å²) in [5, 5.41) is 13.0. The number of nitrogens with two attached hydrogens (primary N) is 1. The number of oxime groups is 1. The van der Waals surface area contributed by atoms with Gasteiger partial charge in [0.1, 0.15) is 5.84 Å². The van der Waals surface area contributed by atoms with Crippen molar-refractivity contribution in [2.24, 2.45) is 10.9 Å². The highest BCUT2D eigenvalue weighted by molar-refractivity contribution is 7.99. The zero-order valence-electron chi connectivity index (χ0n) is 10.3. The minimum Gasteiger partial charge on any atom is -0.409 e. The van der Waals surface area contributed by atoms with Gasteiger partial charge in [0.25, 0.3) is 0 Å². The van der Waals surface area contributed by atoms with Crippen LogP contribution in [0.15, 0.2) is 64.9 Å². The second-order valence-corrected chi connectivity index (χ2v) is 5.01. The fraction of sp³-hybridized carbons (Fsp3) is 0.143. The number of rotatable bonds is 5. The lowest BCUT2D eigenvalue weighted by molar-refractivity contribution is 0.316. The van der Waals surface area contributed by atoms with E-state index in [-0.39, 0.29) is 11.8 Å². The fourth-order valence-electron chi connectivity index (χ4n) is 1.71. The lowest BCUT2D eigenvalue weighted by Crippen LogP contribution is -2.23. The molecule has 0 saturated heterocycles. The second kappa shape index (κ2) is 6.80. The summed E-state index contributed by atoms with van der Waals surface area (Å²) in [5.41, 5.74) is 6.81. The van der Waals surface area contributed by atoms with E-state index in [0.717, 1.165) is 10.6 Å². The third-order valence-electron chi connectivity index (χ3n) is 2.71. The SMILES string of the molecule is NC(=NO)C(CSc1ccccn1)c1ccccc1. The molecule has 2 aromatic rings. The first-order valence-electron chi connectivity index (χ1n) is 5.87. The van der Waals surface area contributed by atoms with Gasteiger partial charge >= 0.3 is 0 Å². The van der Waals surface area contributed by atoms with Crippen LogP contribution in [0.5, 0.6) is 0 Å². The molecular formula is C14H15N3OS. The smallest absolute Gasteiger partial charge is 0.147 e. The van der Waals surface area contributed by atoms with Gasteiger partial charge in [0.05, 0.1) is 10.9 Å². The lowest BCUT2D eigenvalue weighted by atomic mass is 10.0. The molecule has 0 aliphatic carbocycles. The van der Waals surface area contributed by atoms with E-state index in [4.69, 9.17) is 10.9 Å². The van der Waals surface area contributed by atoms with Gasteiger partial charge in [-0.05, 0) is 17.7 Å². The van der Waals surface area contributed by atoms with Crippen LogP contribution in [0.25, 0.3) is 0 Å². The summed E-state index contributed by atoms with van der Waals surface area (Å²) >= 11 is 1.58. The van der Waals surface area contributed by atoms with E-state index in [1.807, 2.05) is 48.5 Å². The average molecular weight is 273 g/mol. The highest BCUT2D eigenvalue weighted by Gasteiger charge is 2.17. The summed E-state index contributed by atoms with van der Waals surface area (Å²) in [6.45, 7) is 0. The van der Waals surface area contributed by atoms with Crippen LogP contribution in [0.1, 0.15) is 11.5 Å². The van der Waals surface area contributed by atoms with Crippen LogP contribution in [0.3, 0.4) is 0 Å². The molecule has 19 heavy (non-hydrogen) atoms. The Morgan fingerprint density at radius 3 is 2.58 bits per heavy atom. The maximum atomic E-state index is 8.90. The van der Waals surface area contributed by atoms with Crippen molar-refractivity contribution < 1.29 is 5.21 Å². The molecule has 1 aromatic carbocycles. The van der Waals surface area contributed by atoms with Crippen molar-refractivity contribution in [1.29, 1.82) is 0 Å². The van der Waals surface area contributed by atoms with Crippen molar-refractivity contribution in [2.45, 2.75) is 10.9 Å². The molecule has 4 nitrogen and oxygen atoms in total. The monoisotopic (exact) mass is 273 g/mol. The van der Waals surface area contributed by atoms with Gasteiger partial charge in [-0.1, -0.05) is 41.6 Å². The molecule has 1 aromatic heterocycles. The van der Waals surface area contributed by atoms with Gasteiger partial charge in [0, 0.05) is 11.9 Å². The van der Waals surface area contributed by atoms with E-state index in [0.29, 0.717) is 5.75 Å². The summed E-state index contributed by atoms with van der Waals surface area (Å²) in [6.07, 6.45) is 1.75. The van der Waals surface area contributed by atoms with Crippen LogP contribution in [0.2, 0.25) is 0 Å². The molecule has 0 radical (unpaired) electrons. The largest absolute Gasteiger partial charge is 0.409 e. The van der Waals surface area contributed by atoms with E-state index in [2.05, 4.69) is 10.1 Å². The number of pyridine rings is 1. The molecule has 0 fully saturated rings. The van der Waals surface area contributed by atoms with Crippen molar-refractivity contribution in [3.05, 3.63) is 60.3 Å². The molecule has 1 unspecified atom stereocenters. The third kappa shape index (κ3) is 3.72. The Balaban J connectivity index is 2.12. The van der Waals surface area contributed by atoms with Gasteiger partial charge in [0.15, 0.2) is 0 Å². The molecule has 1 atom stereocenters. The first-order chi connectivity index (χ1) is 9.31. The molecule has 0 bridgehead atoms. The number of amidine groups is 1. The molecule has 1 heterocycles. The van der Waals surface area contributed by atoms with Crippen molar-refractivity contribution >= 4 is 17.6 Å². The molecule has 98 valence electrons. The van der Waals surface area contributed by atoms with Crippen LogP contribution in [-0.4, -0.2) is 21.8 Å². The van der Waals surface area contributed by atoms with E-state index in [1.165, 1.54) is 0 Å². The average Bonchev–Trinajstić information content (AvgIpc) is 2.49. The molecule has 0 aliphatic rings. The van der Waals surface area contributed by atoms with Crippen molar-refractivity contribution in [1.82, 2.24) is 4.98 Å². The topological polar surface area (TPSA) is 71.5 Å². The number of aromatic nitrogens is 1. The van der Waals surface area contributed by atoms with Gasteiger partial charge in [-0.25, -0.2) is 4.98 Å². The maximum Gasteiger partial charge on any atom is 0.147 e. The fourth-order valence-corrected chi connectivity index (χ4v) is 2.72. The normalized spacial score (nSPS) is 13.2. The van der Waals surface area contributed by atoms with Crippen molar-refractivity contribution in [2.75, 3.05) is 5.75 Å². The number of nitrogens with zero attached hydrogens (tertiary/aromatic N) is 2. The number of thioether (sulfide) groups is 1. The second-order valence-electron chi connectivity index (χ2n) is 3.97.